The maximum atomic E-state index is 5.71. The first-order valence-electron chi connectivity index (χ1n) is 3.00. The lowest BCUT2D eigenvalue weighted by atomic mass is 10.3. The topological polar surface area (TPSA) is 38.9 Å². The first kappa shape index (κ1) is 7.41. The van der Waals surface area contributed by atoms with Crippen LogP contribution in [0.15, 0.2) is 17.3 Å². The molecule has 0 atom stereocenters. The van der Waals surface area contributed by atoms with E-state index in [1.54, 1.807) is 18.0 Å². The smallest absolute Gasteiger partial charge is 0.119 e. The summed E-state index contributed by atoms with van der Waals surface area (Å²) in [5, 5.41) is 0.917. The molecule has 0 aliphatic rings. The van der Waals surface area contributed by atoms with Gasteiger partial charge in [-0.1, -0.05) is 0 Å². The Balaban J connectivity index is 3.14. The molecule has 0 aliphatic heterocycles. The number of anilines is 1. The van der Waals surface area contributed by atoms with Crippen LogP contribution in [-0.4, -0.2) is 11.2 Å². The molecule has 0 saturated heterocycles. The van der Waals surface area contributed by atoms with Crippen LogP contribution in [0.25, 0.3) is 0 Å². The third-order valence-corrected chi connectivity index (χ3v) is 2.08. The molecule has 54 valence electrons. The largest absolute Gasteiger partial charge is 0.396 e. The van der Waals surface area contributed by atoms with Crippen molar-refractivity contribution in [2.75, 3.05) is 12.0 Å². The van der Waals surface area contributed by atoms with E-state index < -0.39 is 0 Å². The number of aromatic nitrogens is 1. The molecule has 1 aromatic rings. The fourth-order valence-electron chi connectivity index (χ4n) is 0.707. The van der Waals surface area contributed by atoms with Gasteiger partial charge in [-0.05, 0) is 24.8 Å². The molecule has 2 nitrogen and oxygen atoms in total. The van der Waals surface area contributed by atoms with E-state index in [4.69, 9.17) is 5.73 Å². The Kier molecular flexibility index (Phi) is 2.17. The van der Waals surface area contributed by atoms with E-state index >= 15 is 0 Å². The van der Waals surface area contributed by atoms with Gasteiger partial charge in [0.25, 0.3) is 0 Å². The van der Waals surface area contributed by atoms with Crippen LogP contribution in [0.4, 0.5) is 5.69 Å². The number of rotatable bonds is 1. The number of nitrogens with zero attached hydrogens (tertiary/aromatic N) is 1. The molecule has 0 fully saturated rings. The molecule has 1 aromatic heterocycles. The van der Waals surface area contributed by atoms with Gasteiger partial charge in [0.05, 0.1) is 5.69 Å². The van der Waals surface area contributed by atoms with Gasteiger partial charge in [0.15, 0.2) is 0 Å². The van der Waals surface area contributed by atoms with E-state index in [2.05, 4.69) is 4.98 Å². The highest BCUT2D eigenvalue weighted by atomic mass is 32.2. The monoisotopic (exact) mass is 154 g/mol. The van der Waals surface area contributed by atoms with Gasteiger partial charge in [0, 0.05) is 6.20 Å². The van der Waals surface area contributed by atoms with Gasteiger partial charge >= 0.3 is 0 Å². The number of aryl methyl sites for hydroxylation is 1. The molecule has 0 unspecified atom stereocenters. The van der Waals surface area contributed by atoms with Crippen LogP contribution in [0.5, 0.6) is 0 Å². The molecule has 0 aromatic carbocycles. The van der Waals surface area contributed by atoms with Crippen molar-refractivity contribution in [3.05, 3.63) is 17.8 Å². The summed E-state index contributed by atoms with van der Waals surface area (Å²) in [6.07, 6.45) is 3.75. The van der Waals surface area contributed by atoms with Crippen molar-refractivity contribution >= 4 is 17.4 Å². The van der Waals surface area contributed by atoms with Crippen molar-refractivity contribution < 1.29 is 0 Å². The summed E-state index contributed by atoms with van der Waals surface area (Å²) in [6.45, 7) is 1.98. The van der Waals surface area contributed by atoms with Gasteiger partial charge in [0.2, 0.25) is 0 Å². The molecule has 0 aliphatic carbocycles. The molecule has 3 heteroatoms. The van der Waals surface area contributed by atoms with Crippen LogP contribution in [0, 0.1) is 6.92 Å². The first-order chi connectivity index (χ1) is 4.75. The minimum Gasteiger partial charge on any atom is -0.396 e. The highest BCUT2D eigenvalue weighted by Crippen LogP contribution is 2.21. The van der Waals surface area contributed by atoms with Crippen LogP contribution in [0.2, 0.25) is 0 Å². The molecule has 0 saturated carbocycles. The molecule has 0 bridgehead atoms. The number of pyridine rings is 1. The summed E-state index contributed by atoms with van der Waals surface area (Å²) in [7, 11) is 0. The zero-order chi connectivity index (χ0) is 7.56. The van der Waals surface area contributed by atoms with Crippen molar-refractivity contribution in [1.82, 2.24) is 4.98 Å². The van der Waals surface area contributed by atoms with E-state index in [9.17, 15) is 0 Å². The van der Waals surface area contributed by atoms with Crippen molar-refractivity contribution in [2.45, 2.75) is 11.9 Å². The van der Waals surface area contributed by atoms with E-state index in [0.717, 1.165) is 16.3 Å². The molecule has 0 radical (unpaired) electrons. The predicted octanol–water partition coefficient (Wildman–Crippen LogP) is 1.69. The Labute approximate surface area is 64.8 Å². The van der Waals surface area contributed by atoms with Crippen molar-refractivity contribution in [2.24, 2.45) is 0 Å². The summed E-state index contributed by atoms with van der Waals surface area (Å²) in [5.74, 6) is 0. The molecule has 1 rings (SSSR count). The van der Waals surface area contributed by atoms with Crippen LogP contribution < -0.4 is 5.73 Å². The maximum Gasteiger partial charge on any atom is 0.119 e. The summed E-state index contributed by atoms with van der Waals surface area (Å²) in [6, 6.07) is 1.91. The highest BCUT2D eigenvalue weighted by molar-refractivity contribution is 7.98. The van der Waals surface area contributed by atoms with Gasteiger partial charge in [-0.25, -0.2) is 4.98 Å². The van der Waals surface area contributed by atoms with Crippen LogP contribution >= 0.6 is 11.8 Å². The Morgan fingerprint density at radius 1 is 1.60 bits per heavy atom. The molecule has 0 amide bonds. The first-order valence-corrected chi connectivity index (χ1v) is 4.23. The third-order valence-electron chi connectivity index (χ3n) is 1.36. The van der Waals surface area contributed by atoms with Gasteiger partial charge in [-0.2, -0.15) is 0 Å². The summed E-state index contributed by atoms with van der Waals surface area (Å²) >= 11 is 1.57. The second-order valence-electron chi connectivity index (χ2n) is 2.05. The zero-order valence-corrected chi connectivity index (χ0v) is 6.90. The molecular formula is C7H10N2S. The number of nitrogen functional groups attached to an aromatic ring is 1. The predicted molar refractivity (Wildman–Crippen MR) is 45.2 cm³/mol. The number of nitrogens with two attached hydrogens (primary N) is 1. The number of thioether (sulfide) groups is 1. The fraction of sp³-hybridized carbons (Fsp3) is 0.286. The lowest BCUT2D eigenvalue weighted by molar-refractivity contribution is 1.13. The Bertz CT molecular complexity index is 235. The van der Waals surface area contributed by atoms with Gasteiger partial charge < -0.3 is 5.73 Å². The Morgan fingerprint density at radius 2 is 2.30 bits per heavy atom. The van der Waals surface area contributed by atoms with E-state index in [1.807, 2.05) is 19.2 Å². The minimum absolute atomic E-state index is 0.801. The number of hydrogen-bond donors (Lipinski definition) is 1. The summed E-state index contributed by atoms with van der Waals surface area (Å²) in [5.41, 5.74) is 7.61. The van der Waals surface area contributed by atoms with Crippen LogP contribution in [-0.2, 0) is 0 Å². The van der Waals surface area contributed by atoms with E-state index in [-0.39, 0.29) is 0 Å². The highest BCUT2D eigenvalue weighted by Gasteiger charge is 1.99. The average molecular weight is 154 g/mol. The van der Waals surface area contributed by atoms with Crippen molar-refractivity contribution in [1.29, 1.82) is 0 Å². The van der Waals surface area contributed by atoms with Gasteiger partial charge in [-0.15, -0.1) is 11.8 Å². The van der Waals surface area contributed by atoms with Gasteiger partial charge in [0.1, 0.15) is 5.03 Å². The average Bonchev–Trinajstić information content (AvgIpc) is 1.95. The minimum atomic E-state index is 0.801. The van der Waals surface area contributed by atoms with E-state index in [0.29, 0.717) is 0 Å². The SMILES string of the molecule is CSc1nccc(C)c1N. The maximum absolute atomic E-state index is 5.71. The second-order valence-corrected chi connectivity index (χ2v) is 2.85. The van der Waals surface area contributed by atoms with Crippen molar-refractivity contribution in [3.63, 3.8) is 0 Å². The van der Waals surface area contributed by atoms with Crippen LogP contribution in [0.3, 0.4) is 0 Å². The van der Waals surface area contributed by atoms with E-state index in [1.165, 1.54) is 0 Å². The Hall–Kier alpha value is -0.700. The normalized spacial score (nSPS) is 9.80. The second kappa shape index (κ2) is 2.92. The fourth-order valence-corrected chi connectivity index (χ4v) is 1.25. The van der Waals surface area contributed by atoms with Crippen LogP contribution in [0.1, 0.15) is 5.56 Å². The van der Waals surface area contributed by atoms with Gasteiger partial charge in [-0.3, -0.25) is 0 Å². The molecule has 0 spiro atoms. The lowest BCUT2D eigenvalue weighted by Crippen LogP contribution is -1.93. The molecule has 1 heterocycles. The molecule has 2 N–H and O–H groups in total. The Morgan fingerprint density at radius 3 is 2.80 bits per heavy atom. The third kappa shape index (κ3) is 1.24. The summed E-state index contributed by atoms with van der Waals surface area (Å²) < 4.78 is 0. The standard InChI is InChI=1S/C7H10N2S/c1-5-3-4-9-7(10-2)6(5)8/h3-4H,8H2,1-2H3. The lowest BCUT2D eigenvalue weighted by Gasteiger charge is -2.02. The number of hydrogen-bond acceptors (Lipinski definition) is 3. The summed E-state index contributed by atoms with van der Waals surface area (Å²) in [4.78, 5) is 4.10. The van der Waals surface area contributed by atoms with Crippen molar-refractivity contribution in [3.8, 4) is 0 Å². The molecule has 10 heavy (non-hydrogen) atoms. The zero-order valence-electron chi connectivity index (χ0n) is 6.09. The molecular weight excluding hydrogens is 144 g/mol. The quantitative estimate of drug-likeness (QED) is 0.626.